The van der Waals surface area contributed by atoms with Gasteiger partial charge < -0.3 is 15.2 Å². The summed E-state index contributed by atoms with van der Waals surface area (Å²) in [5.41, 5.74) is 8.46. The van der Waals surface area contributed by atoms with Gasteiger partial charge in [0.2, 0.25) is 5.88 Å². The van der Waals surface area contributed by atoms with Crippen LogP contribution in [0.4, 0.5) is 0 Å². The van der Waals surface area contributed by atoms with Crippen LogP contribution >= 0.6 is 31.9 Å². The van der Waals surface area contributed by atoms with Crippen molar-refractivity contribution in [2.45, 2.75) is 5.92 Å². The Morgan fingerprint density at radius 3 is 2.50 bits per heavy atom. The van der Waals surface area contributed by atoms with Gasteiger partial charge in [-0.3, -0.25) is 0 Å². The summed E-state index contributed by atoms with van der Waals surface area (Å²) in [6.07, 6.45) is 0. The van der Waals surface area contributed by atoms with Gasteiger partial charge in [-0.2, -0.15) is 5.26 Å². The van der Waals surface area contributed by atoms with Gasteiger partial charge in [0.15, 0.2) is 0 Å². The summed E-state index contributed by atoms with van der Waals surface area (Å²) in [5.74, 6) is -0.0673. The van der Waals surface area contributed by atoms with E-state index in [2.05, 4.69) is 37.9 Å². The molecule has 1 aliphatic heterocycles. The van der Waals surface area contributed by atoms with Crippen molar-refractivity contribution >= 4 is 37.8 Å². The zero-order valence-corrected chi connectivity index (χ0v) is 18.6. The summed E-state index contributed by atoms with van der Waals surface area (Å²) < 4.78 is 12.9. The number of nitrogens with zero attached hydrogens (tertiary/aromatic N) is 1. The molecule has 3 aromatic carbocycles. The monoisotopic (exact) mass is 524 g/mol. The third kappa shape index (κ3) is 3.97. The largest absolute Gasteiger partial charge is 0.440 e. The Kier molecular flexibility index (Phi) is 5.62. The fraction of sp³-hybridized carbons (Fsp3) is 0.0435. The van der Waals surface area contributed by atoms with E-state index in [9.17, 15) is 10.1 Å². The van der Waals surface area contributed by atoms with E-state index in [0.29, 0.717) is 22.6 Å². The van der Waals surface area contributed by atoms with Crippen molar-refractivity contribution in [3.05, 3.63) is 104 Å². The predicted molar refractivity (Wildman–Crippen MR) is 119 cm³/mol. The van der Waals surface area contributed by atoms with Crippen molar-refractivity contribution in [2.75, 3.05) is 0 Å². The molecule has 3 aromatic rings. The lowest BCUT2D eigenvalue weighted by atomic mass is 9.83. The molecule has 4 rings (SSSR count). The molecule has 0 aromatic heterocycles. The topological polar surface area (TPSA) is 85.3 Å². The minimum atomic E-state index is -0.483. The minimum Gasteiger partial charge on any atom is -0.440 e. The number of halogens is 2. The number of esters is 1. The summed E-state index contributed by atoms with van der Waals surface area (Å²) in [6.45, 7) is 0. The molecule has 1 unspecified atom stereocenters. The lowest BCUT2D eigenvalue weighted by Crippen LogP contribution is -2.21. The van der Waals surface area contributed by atoms with Gasteiger partial charge in [0.1, 0.15) is 23.1 Å². The molecule has 0 amide bonds. The van der Waals surface area contributed by atoms with Crippen LogP contribution in [0.2, 0.25) is 0 Å². The maximum atomic E-state index is 12.4. The summed E-state index contributed by atoms with van der Waals surface area (Å²) in [7, 11) is 0. The number of rotatable bonds is 3. The quantitative estimate of drug-likeness (QED) is 0.353. The highest BCUT2D eigenvalue weighted by Gasteiger charge is 2.31. The van der Waals surface area contributed by atoms with Crippen molar-refractivity contribution in [3.8, 4) is 17.6 Å². The van der Waals surface area contributed by atoms with Crippen molar-refractivity contribution in [3.63, 3.8) is 0 Å². The SMILES string of the molecule is N#CC1=C(N)Oc2cc(OC(=O)c3ccc(Br)cc3)ccc2C1c1cccc(Br)c1. The first kappa shape index (κ1) is 20.2. The number of nitriles is 1. The van der Waals surface area contributed by atoms with E-state index >= 15 is 0 Å². The number of ether oxygens (including phenoxy) is 2. The normalized spacial score (nSPS) is 15.0. The van der Waals surface area contributed by atoms with Crippen LogP contribution in [0.5, 0.6) is 11.5 Å². The third-order valence-electron chi connectivity index (χ3n) is 4.66. The standard InChI is InChI=1S/C23H14Br2N2O3/c24-15-6-4-13(5-7-15)23(28)29-17-8-9-18-20(11-17)30-22(27)19(12-26)21(18)14-2-1-3-16(25)10-14/h1-11,21H,27H2. The molecule has 0 bridgehead atoms. The van der Waals surface area contributed by atoms with E-state index in [-0.39, 0.29) is 11.8 Å². The zero-order chi connectivity index (χ0) is 21.3. The number of hydrogen-bond acceptors (Lipinski definition) is 5. The second-order valence-corrected chi connectivity index (χ2v) is 8.41. The molecule has 0 saturated carbocycles. The average Bonchev–Trinajstić information content (AvgIpc) is 2.73. The Labute approximate surface area is 190 Å². The molecule has 148 valence electrons. The Morgan fingerprint density at radius 1 is 1.03 bits per heavy atom. The van der Waals surface area contributed by atoms with Gasteiger partial charge in [-0.15, -0.1) is 0 Å². The predicted octanol–water partition coefficient (Wildman–Crippen LogP) is 5.65. The van der Waals surface area contributed by atoms with Crippen molar-refractivity contribution in [1.82, 2.24) is 0 Å². The number of carbonyl (C=O) groups excluding carboxylic acids is 1. The van der Waals surface area contributed by atoms with Gasteiger partial charge in [-0.25, -0.2) is 4.79 Å². The molecule has 7 heteroatoms. The van der Waals surface area contributed by atoms with Gasteiger partial charge in [0.25, 0.3) is 0 Å². The second-order valence-electron chi connectivity index (χ2n) is 6.58. The van der Waals surface area contributed by atoms with Crippen LogP contribution in [0.15, 0.2) is 87.1 Å². The van der Waals surface area contributed by atoms with E-state index in [0.717, 1.165) is 20.1 Å². The average molecular weight is 526 g/mol. The van der Waals surface area contributed by atoms with Crippen LogP contribution < -0.4 is 15.2 Å². The van der Waals surface area contributed by atoms with Crippen LogP contribution in [-0.2, 0) is 0 Å². The van der Waals surface area contributed by atoms with E-state index < -0.39 is 5.97 Å². The summed E-state index contributed by atoms with van der Waals surface area (Å²) in [5, 5.41) is 9.65. The van der Waals surface area contributed by atoms with Crippen molar-refractivity contribution < 1.29 is 14.3 Å². The molecule has 5 nitrogen and oxygen atoms in total. The molecule has 0 aliphatic carbocycles. The highest BCUT2D eigenvalue weighted by Crippen LogP contribution is 2.43. The molecule has 30 heavy (non-hydrogen) atoms. The molecule has 1 aliphatic rings. The first-order chi connectivity index (χ1) is 14.5. The summed E-state index contributed by atoms with van der Waals surface area (Å²) in [6, 6.07) is 21.8. The van der Waals surface area contributed by atoms with Crippen LogP contribution in [0.1, 0.15) is 27.4 Å². The van der Waals surface area contributed by atoms with Gasteiger partial charge >= 0.3 is 5.97 Å². The van der Waals surface area contributed by atoms with E-state index in [1.54, 1.807) is 42.5 Å². The number of benzene rings is 3. The first-order valence-electron chi connectivity index (χ1n) is 8.91. The summed E-state index contributed by atoms with van der Waals surface area (Å²) in [4.78, 5) is 12.4. The van der Waals surface area contributed by atoms with Crippen molar-refractivity contribution in [2.24, 2.45) is 5.73 Å². The van der Waals surface area contributed by atoms with Crippen LogP contribution in [0, 0.1) is 11.3 Å². The zero-order valence-electron chi connectivity index (χ0n) is 15.4. The maximum absolute atomic E-state index is 12.4. The fourth-order valence-corrected chi connectivity index (χ4v) is 3.96. The van der Waals surface area contributed by atoms with E-state index in [4.69, 9.17) is 15.2 Å². The van der Waals surface area contributed by atoms with Gasteiger partial charge in [0, 0.05) is 20.6 Å². The first-order valence-corrected chi connectivity index (χ1v) is 10.5. The smallest absolute Gasteiger partial charge is 0.343 e. The fourth-order valence-electron chi connectivity index (χ4n) is 3.28. The molecule has 1 heterocycles. The van der Waals surface area contributed by atoms with E-state index in [1.807, 2.05) is 24.3 Å². The Balaban J connectivity index is 1.69. The van der Waals surface area contributed by atoms with Gasteiger partial charge in [-0.05, 0) is 48.0 Å². The molecule has 2 N–H and O–H groups in total. The second kappa shape index (κ2) is 8.34. The lowest BCUT2D eigenvalue weighted by molar-refractivity contribution is 0.0734. The lowest BCUT2D eigenvalue weighted by Gasteiger charge is -2.26. The number of allylic oxidation sites excluding steroid dienone is 1. The third-order valence-corrected chi connectivity index (χ3v) is 5.68. The number of fused-ring (bicyclic) bond motifs is 1. The Hall–Kier alpha value is -3.08. The van der Waals surface area contributed by atoms with Crippen LogP contribution in [0.3, 0.4) is 0 Å². The molecule has 0 spiro atoms. The summed E-state index contributed by atoms with van der Waals surface area (Å²) >= 11 is 6.81. The molecule has 0 fully saturated rings. The molecule has 0 radical (unpaired) electrons. The van der Waals surface area contributed by atoms with Gasteiger partial charge in [-0.1, -0.05) is 50.1 Å². The van der Waals surface area contributed by atoms with Crippen LogP contribution in [-0.4, -0.2) is 5.97 Å². The van der Waals surface area contributed by atoms with Crippen molar-refractivity contribution in [1.29, 1.82) is 5.26 Å². The maximum Gasteiger partial charge on any atom is 0.343 e. The molecule has 0 saturated heterocycles. The number of carbonyl (C=O) groups is 1. The molecular weight excluding hydrogens is 512 g/mol. The number of hydrogen-bond donors (Lipinski definition) is 1. The highest BCUT2D eigenvalue weighted by molar-refractivity contribution is 9.10. The highest BCUT2D eigenvalue weighted by atomic mass is 79.9. The Bertz CT molecular complexity index is 1210. The Morgan fingerprint density at radius 2 is 1.80 bits per heavy atom. The molecular formula is C23H14Br2N2O3. The molecule has 1 atom stereocenters. The minimum absolute atomic E-state index is 0.0337. The van der Waals surface area contributed by atoms with Crippen LogP contribution in [0.25, 0.3) is 0 Å². The number of nitrogens with two attached hydrogens (primary N) is 1. The van der Waals surface area contributed by atoms with Gasteiger partial charge in [0.05, 0.1) is 11.5 Å². The van der Waals surface area contributed by atoms with E-state index in [1.165, 1.54) is 0 Å².